The van der Waals surface area contributed by atoms with Crippen LogP contribution in [0, 0.1) is 17.3 Å². The van der Waals surface area contributed by atoms with Gasteiger partial charge < -0.3 is 5.32 Å². The molecular weight excluding hydrogens is 198 g/mol. The summed E-state index contributed by atoms with van der Waals surface area (Å²) >= 11 is 0. The minimum Gasteiger partial charge on any atom is -0.358 e. The van der Waals surface area contributed by atoms with E-state index in [2.05, 4.69) is 38.2 Å². The second-order valence-corrected chi connectivity index (χ2v) is 5.87. The maximum absolute atomic E-state index is 10.2. The van der Waals surface area contributed by atoms with E-state index in [0.717, 1.165) is 18.9 Å². The molecule has 1 rings (SSSR count). The maximum Gasteiger partial charge on any atom is 0.207 e. The molecular formula is C14H25NO. The highest BCUT2D eigenvalue weighted by Crippen LogP contribution is 2.39. The summed E-state index contributed by atoms with van der Waals surface area (Å²) < 4.78 is 0. The molecule has 0 bridgehead atoms. The molecule has 2 unspecified atom stereocenters. The summed E-state index contributed by atoms with van der Waals surface area (Å²) in [4.78, 5) is 10.2. The van der Waals surface area contributed by atoms with E-state index in [1.165, 1.54) is 25.7 Å². The molecule has 0 saturated carbocycles. The third kappa shape index (κ3) is 4.38. The van der Waals surface area contributed by atoms with Crippen LogP contribution in [-0.2, 0) is 4.79 Å². The summed E-state index contributed by atoms with van der Waals surface area (Å²) in [5.41, 5.74) is 0.497. The lowest BCUT2D eigenvalue weighted by molar-refractivity contribution is -0.109. The second-order valence-electron chi connectivity index (χ2n) is 5.87. The highest BCUT2D eigenvalue weighted by atomic mass is 16.1. The Hall–Kier alpha value is -0.790. The Kier molecular flexibility index (Phi) is 5.04. The second kappa shape index (κ2) is 6.07. The molecule has 2 atom stereocenters. The third-order valence-corrected chi connectivity index (χ3v) is 3.58. The van der Waals surface area contributed by atoms with E-state index in [9.17, 15) is 4.79 Å². The summed E-state index contributed by atoms with van der Waals surface area (Å²) in [6.07, 6.45) is 10.4. The molecule has 0 fully saturated rings. The lowest BCUT2D eigenvalue weighted by Crippen LogP contribution is -2.23. The zero-order valence-electron chi connectivity index (χ0n) is 10.8. The maximum atomic E-state index is 10.2. The van der Waals surface area contributed by atoms with Crippen molar-refractivity contribution in [1.82, 2.24) is 5.32 Å². The molecule has 0 aromatic heterocycles. The Morgan fingerprint density at radius 3 is 2.50 bits per heavy atom. The lowest BCUT2D eigenvalue weighted by Gasteiger charge is -2.28. The number of carbonyl (C=O) groups is 1. The first kappa shape index (κ1) is 13.3. The van der Waals surface area contributed by atoms with Gasteiger partial charge in [0.1, 0.15) is 0 Å². The Balaban J connectivity index is 2.24. The van der Waals surface area contributed by atoms with Gasteiger partial charge in [-0.2, -0.15) is 0 Å². The number of hydrogen-bond acceptors (Lipinski definition) is 1. The average molecular weight is 223 g/mol. The summed E-state index contributed by atoms with van der Waals surface area (Å²) in [6, 6.07) is 0. The van der Waals surface area contributed by atoms with Crippen LogP contribution in [0.2, 0.25) is 0 Å². The quantitative estimate of drug-likeness (QED) is 0.521. The molecule has 0 aliphatic heterocycles. The molecule has 0 heterocycles. The Labute approximate surface area is 99.5 Å². The van der Waals surface area contributed by atoms with Crippen molar-refractivity contribution in [2.24, 2.45) is 17.3 Å². The fourth-order valence-electron chi connectivity index (χ4n) is 2.93. The SMILES string of the molecule is CC(CNC=O)CC(C)CC1(C)CC=CC1. The number of nitrogens with one attached hydrogen (secondary N) is 1. The van der Waals surface area contributed by atoms with Crippen LogP contribution in [0.4, 0.5) is 0 Å². The van der Waals surface area contributed by atoms with Crippen molar-refractivity contribution in [2.45, 2.75) is 46.5 Å². The van der Waals surface area contributed by atoms with E-state index < -0.39 is 0 Å². The van der Waals surface area contributed by atoms with Gasteiger partial charge in [-0.05, 0) is 42.9 Å². The molecule has 1 amide bonds. The van der Waals surface area contributed by atoms with Crippen LogP contribution in [0.3, 0.4) is 0 Å². The smallest absolute Gasteiger partial charge is 0.207 e. The van der Waals surface area contributed by atoms with Gasteiger partial charge in [0.25, 0.3) is 0 Å². The molecule has 1 aliphatic carbocycles. The first-order chi connectivity index (χ1) is 7.56. The number of amides is 1. The van der Waals surface area contributed by atoms with Gasteiger partial charge in [-0.1, -0.05) is 32.9 Å². The average Bonchev–Trinajstić information content (AvgIpc) is 2.61. The number of hydrogen-bond donors (Lipinski definition) is 1. The van der Waals surface area contributed by atoms with E-state index >= 15 is 0 Å². The van der Waals surface area contributed by atoms with Gasteiger partial charge >= 0.3 is 0 Å². The summed E-state index contributed by atoms with van der Waals surface area (Å²) in [5, 5.41) is 2.76. The van der Waals surface area contributed by atoms with E-state index in [-0.39, 0.29) is 0 Å². The van der Waals surface area contributed by atoms with Gasteiger partial charge in [0.05, 0.1) is 0 Å². The van der Waals surface area contributed by atoms with Crippen molar-refractivity contribution >= 4 is 6.41 Å². The molecule has 0 spiro atoms. The van der Waals surface area contributed by atoms with Crippen molar-refractivity contribution in [3.63, 3.8) is 0 Å². The van der Waals surface area contributed by atoms with Crippen molar-refractivity contribution in [3.05, 3.63) is 12.2 Å². The Morgan fingerprint density at radius 1 is 1.31 bits per heavy atom. The van der Waals surface area contributed by atoms with Gasteiger partial charge in [-0.25, -0.2) is 0 Å². The topological polar surface area (TPSA) is 29.1 Å². The van der Waals surface area contributed by atoms with Gasteiger partial charge in [0, 0.05) is 6.54 Å². The molecule has 1 aliphatic rings. The van der Waals surface area contributed by atoms with Crippen molar-refractivity contribution in [2.75, 3.05) is 6.54 Å². The molecule has 1 N–H and O–H groups in total. The predicted octanol–water partition coefficient (Wildman–Crippen LogP) is 3.14. The largest absolute Gasteiger partial charge is 0.358 e. The van der Waals surface area contributed by atoms with Crippen LogP contribution >= 0.6 is 0 Å². The van der Waals surface area contributed by atoms with Gasteiger partial charge in [0.2, 0.25) is 6.41 Å². The molecule has 92 valence electrons. The zero-order valence-corrected chi connectivity index (χ0v) is 10.8. The van der Waals surface area contributed by atoms with Crippen molar-refractivity contribution in [3.8, 4) is 0 Å². The standard InChI is InChI=1S/C14H25NO/c1-12(8-13(2)10-15-11-16)9-14(3)6-4-5-7-14/h4-5,11-13H,6-10H2,1-3H3,(H,15,16). The minimum atomic E-state index is 0.497. The van der Waals surface area contributed by atoms with Crippen LogP contribution in [0.25, 0.3) is 0 Å². The fourth-order valence-corrected chi connectivity index (χ4v) is 2.93. The predicted molar refractivity (Wildman–Crippen MR) is 68.1 cm³/mol. The van der Waals surface area contributed by atoms with Gasteiger partial charge in [-0.3, -0.25) is 4.79 Å². The van der Waals surface area contributed by atoms with Crippen LogP contribution in [0.1, 0.15) is 46.5 Å². The summed E-state index contributed by atoms with van der Waals surface area (Å²) in [7, 11) is 0. The van der Waals surface area contributed by atoms with Crippen molar-refractivity contribution in [1.29, 1.82) is 0 Å². The molecule has 0 aromatic rings. The fraction of sp³-hybridized carbons (Fsp3) is 0.786. The van der Waals surface area contributed by atoms with Crippen LogP contribution in [0.5, 0.6) is 0 Å². The molecule has 0 aromatic carbocycles. The van der Waals surface area contributed by atoms with E-state index in [0.29, 0.717) is 11.3 Å². The van der Waals surface area contributed by atoms with Gasteiger partial charge in [-0.15, -0.1) is 0 Å². The molecule has 0 radical (unpaired) electrons. The molecule has 2 heteroatoms. The van der Waals surface area contributed by atoms with Gasteiger partial charge in [0.15, 0.2) is 0 Å². The number of carbonyl (C=O) groups excluding carboxylic acids is 1. The monoisotopic (exact) mass is 223 g/mol. The Bertz CT molecular complexity index is 239. The first-order valence-corrected chi connectivity index (χ1v) is 6.38. The van der Waals surface area contributed by atoms with E-state index in [1.807, 2.05) is 0 Å². The van der Waals surface area contributed by atoms with Crippen LogP contribution in [0.15, 0.2) is 12.2 Å². The Morgan fingerprint density at radius 2 is 1.94 bits per heavy atom. The molecule has 2 nitrogen and oxygen atoms in total. The summed E-state index contributed by atoms with van der Waals surface area (Å²) in [6.45, 7) is 7.74. The number of rotatable bonds is 7. The zero-order chi connectivity index (χ0) is 12.0. The van der Waals surface area contributed by atoms with Crippen molar-refractivity contribution < 1.29 is 4.79 Å². The molecule has 0 saturated heterocycles. The highest BCUT2D eigenvalue weighted by Gasteiger charge is 2.27. The van der Waals surface area contributed by atoms with E-state index in [4.69, 9.17) is 0 Å². The normalized spacial score (nSPS) is 21.7. The first-order valence-electron chi connectivity index (χ1n) is 6.38. The number of allylic oxidation sites excluding steroid dienone is 2. The van der Waals surface area contributed by atoms with E-state index in [1.54, 1.807) is 0 Å². The minimum absolute atomic E-state index is 0.497. The van der Waals surface area contributed by atoms with Crippen LogP contribution < -0.4 is 5.32 Å². The summed E-state index contributed by atoms with van der Waals surface area (Å²) in [5.74, 6) is 1.33. The van der Waals surface area contributed by atoms with Crippen LogP contribution in [-0.4, -0.2) is 13.0 Å². The highest BCUT2D eigenvalue weighted by molar-refractivity contribution is 5.45. The third-order valence-electron chi connectivity index (χ3n) is 3.58. The molecule has 16 heavy (non-hydrogen) atoms. The lowest BCUT2D eigenvalue weighted by atomic mass is 9.77.